The Morgan fingerprint density at radius 1 is 1.47 bits per heavy atom. The van der Waals surface area contributed by atoms with Crippen molar-refractivity contribution in [2.45, 2.75) is 6.54 Å². The highest BCUT2D eigenvalue weighted by Gasteiger charge is 2.26. The van der Waals surface area contributed by atoms with Crippen LogP contribution >= 0.6 is 11.6 Å². The van der Waals surface area contributed by atoms with Crippen molar-refractivity contribution in [1.29, 1.82) is 0 Å². The molecule has 78 valence electrons. The molecule has 0 fully saturated rings. The summed E-state index contributed by atoms with van der Waals surface area (Å²) in [4.78, 5) is 13.7. The smallest absolute Gasteiger partial charge is 0.254 e. The number of nitrogens with zero attached hydrogens (tertiary/aromatic N) is 1. The van der Waals surface area contributed by atoms with Gasteiger partial charge in [0.2, 0.25) is 0 Å². The van der Waals surface area contributed by atoms with E-state index in [0.29, 0.717) is 19.0 Å². The molecule has 15 heavy (non-hydrogen) atoms. The molecule has 0 saturated heterocycles. The molecule has 0 spiro atoms. The van der Waals surface area contributed by atoms with Gasteiger partial charge in [-0.15, -0.1) is 11.6 Å². The third-order valence-corrected chi connectivity index (χ3v) is 2.88. The lowest BCUT2D eigenvalue weighted by Crippen LogP contribution is -2.26. The first-order valence-corrected chi connectivity index (χ1v) is 5.35. The van der Waals surface area contributed by atoms with E-state index < -0.39 is 0 Å². The number of fused-ring (bicyclic) bond motifs is 1. The quantitative estimate of drug-likeness (QED) is 0.567. The van der Waals surface area contributed by atoms with Crippen molar-refractivity contribution in [1.82, 2.24) is 4.90 Å². The van der Waals surface area contributed by atoms with Gasteiger partial charge in [0.25, 0.3) is 5.91 Å². The minimum Gasteiger partial charge on any atom is -0.330 e. The monoisotopic (exact) mass is 221 g/mol. The van der Waals surface area contributed by atoms with Gasteiger partial charge in [-0.1, -0.05) is 24.8 Å². The van der Waals surface area contributed by atoms with Crippen LogP contribution in [0.1, 0.15) is 15.9 Å². The number of hydrogen-bond donors (Lipinski definition) is 0. The van der Waals surface area contributed by atoms with Gasteiger partial charge in [-0.2, -0.15) is 0 Å². The Kier molecular flexibility index (Phi) is 2.78. The molecule has 1 aliphatic heterocycles. The molecule has 1 heterocycles. The van der Waals surface area contributed by atoms with E-state index in [-0.39, 0.29) is 5.91 Å². The van der Waals surface area contributed by atoms with Crippen LogP contribution in [-0.2, 0) is 6.54 Å². The van der Waals surface area contributed by atoms with E-state index in [1.54, 1.807) is 4.90 Å². The molecular formula is C12H12ClNO. The standard InChI is InChI=1S/C12H12ClNO/c1-9(6-13)7-14-8-10-4-2-3-5-11(10)12(14)15/h2-5H,1,6-8H2. The first kappa shape index (κ1) is 10.2. The van der Waals surface area contributed by atoms with Crippen LogP contribution in [0.5, 0.6) is 0 Å². The number of alkyl halides is 1. The van der Waals surface area contributed by atoms with E-state index in [2.05, 4.69) is 6.58 Å². The van der Waals surface area contributed by atoms with Gasteiger partial charge in [-0.25, -0.2) is 0 Å². The first-order valence-electron chi connectivity index (χ1n) is 4.82. The van der Waals surface area contributed by atoms with Crippen LogP contribution in [0, 0.1) is 0 Å². The van der Waals surface area contributed by atoms with Crippen LogP contribution in [-0.4, -0.2) is 23.2 Å². The maximum absolute atomic E-state index is 11.9. The predicted octanol–water partition coefficient (Wildman–Crippen LogP) is 2.44. The molecule has 1 amide bonds. The second-order valence-corrected chi connectivity index (χ2v) is 3.97. The minimum atomic E-state index is 0.0804. The summed E-state index contributed by atoms with van der Waals surface area (Å²) in [7, 11) is 0. The molecule has 1 aromatic rings. The third-order valence-electron chi connectivity index (χ3n) is 2.50. The van der Waals surface area contributed by atoms with Crippen molar-refractivity contribution in [3.05, 3.63) is 47.5 Å². The van der Waals surface area contributed by atoms with Gasteiger partial charge in [0, 0.05) is 24.5 Å². The Morgan fingerprint density at radius 3 is 2.87 bits per heavy atom. The summed E-state index contributed by atoms with van der Waals surface area (Å²) in [6, 6.07) is 7.68. The SMILES string of the molecule is C=C(CCl)CN1Cc2ccccc2C1=O. The van der Waals surface area contributed by atoms with Gasteiger partial charge >= 0.3 is 0 Å². The number of benzene rings is 1. The van der Waals surface area contributed by atoms with Gasteiger partial charge < -0.3 is 4.90 Å². The van der Waals surface area contributed by atoms with Crippen LogP contribution in [0.3, 0.4) is 0 Å². The normalized spacial score (nSPS) is 14.2. The van der Waals surface area contributed by atoms with Gasteiger partial charge in [-0.3, -0.25) is 4.79 Å². The lowest BCUT2D eigenvalue weighted by atomic mass is 10.1. The van der Waals surface area contributed by atoms with E-state index in [4.69, 9.17) is 11.6 Å². The zero-order valence-corrected chi connectivity index (χ0v) is 9.13. The van der Waals surface area contributed by atoms with Gasteiger partial charge in [0.1, 0.15) is 0 Å². The molecule has 0 radical (unpaired) electrons. The fourth-order valence-corrected chi connectivity index (χ4v) is 1.84. The summed E-state index contributed by atoms with van der Waals surface area (Å²) in [5.74, 6) is 0.483. The third kappa shape index (κ3) is 1.90. The zero-order valence-electron chi connectivity index (χ0n) is 8.37. The molecule has 0 N–H and O–H groups in total. The maximum Gasteiger partial charge on any atom is 0.254 e. The Balaban J connectivity index is 2.17. The minimum absolute atomic E-state index is 0.0804. The number of carbonyl (C=O) groups excluding carboxylic acids is 1. The van der Waals surface area contributed by atoms with Gasteiger partial charge in [0.05, 0.1) is 0 Å². The van der Waals surface area contributed by atoms with E-state index in [1.165, 1.54) is 0 Å². The fourth-order valence-electron chi connectivity index (χ4n) is 1.75. The van der Waals surface area contributed by atoms with Crippen LogP contribution in [0.25, 0.3) is 0 Å². The van der Waals surface area contributed by atoms with E-state index in [9.17, 15) is 4.79 Å². The van der Waals surface area contributed by atoms with Crippen molar-refractivity contribution in [3.63, 3.8) is 0 Å². The Morgan fingerprint density at radius 2 is 2.20 bits per heavy atom. The average molecular weight is 222 g/mol. The van der Waals surface area contributed by atoms with Gasteiger partial charge in [0.15, 0.2) is 0 Å². The maximum atomic E-state index is 11.9. The van der Waals surface area contributed by atoms with E-state index in [1.807, 2.05) is 24.3 Å². The average Bonchev–Trinajstić information content (AvgIpc) is 2.57. The largest absolute Gasteiger partial charge is 0.330 e. The van der Waals surface area contributed by atoms with Crippen LogP contribution in [0.4, 0.5) is 0 Å². The van der Waals surface area contributed by atoms with Crippen molar-refractivity contribution in [3.8, 4) is 0 Å². The van der Waals surface area contributed by atoms with Crippen molar-refractivity contribution in [2.75, 3.05) is 12.4 Å². The Bertz CT molecular complexity index is 414. The Labute approximate surface area is 94.2 Å². The lowest BCUT2D eigenvalue weighted by Gasteiger charge is -2.15. The van der Waals surface area contributed by atoms with Crippen LogP contribution in [0.15, 0.2) is 36.4 Å². The zero-order chi connectivity index (χ0) is 10.8. The van der Waals surface area contributed by atoms with Gasteiger partial charge in [-0.05, 0) is 17.2 Å². The Hall–Kier alpha value is -1.28. The molecule has 1 aromatic carbocycles. The highest BCUT2D eigenvalue weighted by Crippen LogP contribution is 2.22. The molecule has 0 aliphatic carbocycles. The van der Waals surface area contributed by atoms with Crippen molar-refractivity contribution < 1.29 is 4.79 Å². The number of rotatable bonds is 3. The fraction of sp³-hybridized carbons (Fsp3) is 0.250. The molecule has 0 atom stereocenters. The van der Waals surface area contributed by atoms with Crippen LogP contribution < -0.4 is 0 Å². The number of halogens is 1. The predicted molar refractivity (Wildman–Crippen MR) is 61.0 cm³/mol. The molecule has 2 rings (SSSR count). The van der Waals surface area contributed by atoms with Crippen molar-refractivity contribution >= 4 is 17.5 Å². The summed E-state index contributed by atoms with van der Waals surface area (Å²) in [6.07, 6.45) is 0. The lowest BCUT2D eigenvalue weighted by molar-refractivity contribution is 0.0792. The molecule has 2 nitrogen and oxygen atoms in total. The highest BCUT2D eigenvalue weighted by atomic mass is 35.5. The molecule has 0 saturated carbocycles. The summed E-state index contributed by atoms with van der Waals surface area (Å²) in [5.41, 5.74) is 2.77. The molecule has 0 bridgehead atoms. The molecule has 3 heteroatoms. The molecule has 0 unspecified atom stereocenters. The summed E-state index contributed by atoms with van der Waals surface area (Å²) in [6.45, 7) is 5.03. The summed E-state index contributed by atoms with van der Waals surface area (Å²) in [5, 5.41) is 0. The summed E-state index contributed by atoms with van der Waals surface area (Å²) >= 11 is 5.65. The van der Waals surface area contributed by atoms with Crippen LogP contribution in [0.2, 0.25) is 0 Å². The molecule has 1 aliphatic rings. The van der Waals surface area contributed by atoms with E-state index in [0.717, 1.165) is 16.7 Å². The van der Waals surface area contributed by atoms with E-state index >= 15 is 0 Å². The topological polar surface area (TPSA) is 20.3 Å². The second kappa shape index (κ2) is 4.07. The number of carbonyl (C=O) groups is 1. The first-order chi connectivity index (χ1) is 7.22. The summed E-state index contributed by atoms with van der Waals surface area (Å²) < 4.78 is 0. The number of amides is 1. The molecular weight excluding hydrogens is 210 g/mol. The van der Waals surface area contributed by atoms with Crippen molar-refractivity contribution in [2.24, 2.45) is 0 Å². The highest BCUT2D eigenvalue weighted by molar-refractivity contribution is 6.19. The second-order valence-electron chi connectivity index (χ2n) is 3.70. The number of hydrogen-bond acceptors (Lipinski definition) is 1. The molecule has 0 aromatic heterocycles.